The van der Waals surface area contributed by atoms with E-state index < -0.39 is 0 Å². The number of carbonyl (C=O) groups is 1. The number of rotatable bonds is 3. The summed E-state index contributed by atoms with van der Waals surface area (Å²) in [6, 6.07) is 8.97. The summed E-state index contributed by atoms with van der Waals surface area (Å²) in [5.74, 6) is -0.533. The topological polar surface area (TPSA) is 74.2 Å². The van der Waals surface area contributed by atoms with Gasteiger partial charge in [-0.2, -0.15) is 5.10 Å². The normalized spacial score (nSPS) is 15.8. The number of hydrogen-bond acceptors (Lipinski definition) is 6. The van der Waals surface area contributed by atoms with Gasteiger partial charge in [0.05, 0.1) is 23.4 Å². The van der Waals surface area contributed by atoms with Gasteiger partial charge in [0, 0.05) is 16.5 Å². The molecule has 0 unspecified atom stereocenters. The molecule has 0 radical (unpaired) electrons. The summed E-state index contributed by atoms with van der Waals surface area (Å²) in [5, 5.41) is 20.0. The first kappa shape index (κ1) is 19.4. The lowest BCUT2D eigenvalue weighted by Gasteiger charge is -2.31. The minimum absolute atomic E-state index is 0.124. The van der Waals surface area contributed by atoms with Gasteiger partial charge in [-0.3, -0.25) is 4.79 Å². The maximum absolute atomic E-state index is 13.1. The van der Waals surface area contributed by atoms with Crippen molar-refractivity contribution in [1.29, 1.82) is 0 Å². The SMILES string of the molecule is COc1cc(Cl)c(C2=C3C=CC(Sc4ccc(F)cc4)=NN3CNC2=O)cc1O. The largest absolute Gasteiger partial charge is 0.504 e. The van der Waals surface area contributed by atoms with Gasteiger partial charge in [0.15, 0.2) is 11.5 Å². The first-order chi connectivity index (χ1) is 14.0. The smallest absolute Gasteiger partial charge is 0.255 e. The number of nitrogens with one attached hydrogen (secondary N) is 1. The third-order valence-corrected chi connectivity index (χ3v) is 5.58. The summed E-state index contributed by atoms with van der Waals surface area (Å²) in [5.41, 5.74) is 1.23. The zero-order chi connectivity index (χ0) is 20.5. The van der Waals surface area contributed by atoms with Crippen LogP contribution in [0.25, 0.3) is 5.57 Å². The van der Waals surface area contributed by atoms with Crippen molar-refractivity contribution in [2.75, 3.05) is 13.8 Å². The second kappa shape index (κ2) is 7.81. The molecule has 148 valence electrons. The molecular weight excluding hydrogens is 417 g/mol. The second-order valence-electron chi connectivity index (χ2n) is 6.16. The molecule has 0 fully saturated rings. The van der Waals surface area contributed by atoms with Crippen LogP contribution < -0.4 is 10.1 Å². The highest BCUT2D eigenvalue weighted by molar-refractivity contribution is 8.14. The molecule has 0 aromatic heterocycles. The number of phenols is 1. The van der Waals surface area contributed by atoms with Crippen LogP contribution in [0.5, 0.6) is 11.5 Å². The fraction of sp³-hybridized carbons (Fsp3) is 0.100. The Labute approximate surface area is 175 Å². The highest BCUT2D eigenvalue weighted by Gasteiger charge is 2.29. The lowest BCUT2D eigenvalue weighted by atomic mass is 9.99. The fourth-order valence-corrected chi connectivity index (χ4v) is 4.00. The lowest BCUT2D eigenvalue weighted by Crippen LogP contribution is -2.41. The summed E-state index contributed by atoms with van der Waals surface area (Å²) < 4.78 is 18.1. The molecule has 2 heterocycles. The van der Waals surface area contributed by atoms with Gasteiger partial charge in [0.1, 0.15) is 17.5 Å². The van der Waals surface area contributed by atoms with E-state index in [1.165, 1.54) is 43.1 Å². The average molecular weight is 432 g/mol. The number of ether oxygens (including phenoxy) is 1. The highest BCUT2D eigenvalue weighted by Crippen LogP contribution is 2.39. The number of phenolic OH excluding ortho intramolecular Hbond substituents is 1. The molecule has 1 amide bonds. The molecule has 6 nitrogen and oxygen atoms in total. The average Bonchev–Trinajstić information content (AvgIpc) is 2.71. The van der Waals surface area contributed by atoms with Gasteiger partial charge in [0.2, 0.25) is 0 Å². The molecule has 0 saturated carbocycles. The van der Waals surface area contributed by atoms with Crippen molar-refractivity contribution in [3.63, 3.8) is 0 Å². The zero-order valence-corrected chi connectivity index (χ0v) is 16.7. The predicted octanol–water partition coefficient (Wildman–Crippen LogP) is 3.97. The number of thioether (sulfide) groups is 1. The molecule has 0 aliphatic carbocycles. The third-order valence-electron chi connectivity index (χ3n) is 4.33. The number of halogens is 2. The number of allylic oxidation sites excluding steroid dienone is 1. The number of hydrazone groups is 1. The maximum atomic E-state index is 13.1. The summed E-state index contributed by atoms with van der Waals surface area (Å²) in [6.07, 6.45) is 3.54. The van der Waals surface area contributed by atoms with Crippen molar-refractivity contribution in [2.24, 2.45) is 5.10 Å². The number of methoxy groups -OCH3 is 1. The van der Waals surface area contributed by atoms with Crippen molar-refractivity contribution in [1.82, 2.24) is 10.3 Å². The zero-order valence-electron chi connectivity index (χ0n) is 15.1. The van der Waals surface area contributed by atoms with E-state index in [1.54, 1.807) is 29.3 Å². The molecule has 0 bridgehead atoms. The van der Waals surface area contributed by atoms with E-state index >= 15 is 0 Å². The van der Waals surface area contributed by atoms with Gasteiger partial charge in [-0.15, -0.1) is 0 Å². The predicted molar refractivity (Wildman–Crippen MR) is 110 cm³/mol. The standard InChI is InChI=1S/C20H15ClFN3O3S/c1-28-17-9-14(21)13(8-16(17)26)19-15-6-7-18(24-25(15)10-23-20(19)27)29-12-4-2-11(22)3-5-12/h2-9,26H,10H2,1H3,(H,23,27). The van der Waals surface area contributed by atoms with Crippen LogP contribution in [0.2, 0.25) is 5.02 Å². The molecule has 9 heteroatoms. The van der Waals surface area contributed by atoms with E-state index in [-0.39, 0.29) is 34.9 Å². The Kier molecular flexibility index (Phi) is 5.21. The van der Waals surface area contributed by atoms with Crippen molar-refractivity contribution in [3.8, 4) is 11.5 Å². The lowest BCUT2D eigenvalue weighted by molar-refractivity contribution is -0.116. The quantitative estimate of drug-likeness (QED) is 0.769. The van der Waals surface area contributed by atoms with Crippen LogP contribution >= 0.6 is 23.4 Å². The molecule has 2 aliphatic rings. The number of amides is 1. The Morgan fingerprint density at radius 2 is 2.03 bits per heavy atom. The van der Waals surface area contributed by atoms with Crippen LogP contribution in [0.3, 0.4) is 0 Å². The minimum Gasteiger partial charge on any atom is -0.504 e. The first-order valence-corrected chi connectivity index (χ1v) is 9.72. The molecular formula is C20H15ClFN3O3S. The van der Waals surface area contributed by atoms with Gasteiger partial charge < -0.3 is 15.2 Å². The van der Waals surface area contributed by atoms with Crippen LogP contribution in [-0.4, -0.2) is 34.8 Å². The van der Waals surface area contributed by atoms with E-state index in [1.807, 2.05) is 0 Å². The highest BCUT2D eigenvalue weighted by atomic mass is 35.5. The van der Waals surface area contributed by atoms with Gasteiger partial charge in [-0.1, -0.05) is 23.4 Å². The van der Waals surface area contributed by atoms with Crippen LogP contribution in [0.4, 0.5) is 4.39 Å². The number of aromatic hydroxyl groups is 1. The van der Waals surface area contributed by atoms with Gasteiger partial charge in [-0.25, -0.2) is 9.40 Å². The number of nitrogens with zero attached hydrogens (tertiary/aromatic N) is 2. The van der Waals surface area contributed by atoms with E-state index in [9.17, 15) is 14.3 Å². The van der Waals surface area contributed by atoms with Crippen LogP contribution in [0, 0.1) is 5.82 Å². The first-order valence-electron chi connectivity index (χ1n) is 8.53. The monoisotopic (exact) mass is 431 g/mol. The molecule has 2 N–H and O–H groups in total. The Hall–Kier alpha value is -2.97. The van der Waals surface area contributed by atoms with Crippen molar-refractivity contribution in [3.05, 3.63) is 70.7 Å². The number of fused-ring (bicyclic) bond motifs is 1. The third kappa shape index (κ3) is 3.81. The van der Waals surface area contributed by atoms with E-state index in [0.29, 0.717) is 21.9 Å². The second-order valence-corrected chi connectivity index (χ2v) is 7.66. The van der Waals surface area contributed by atoms with Crippen molar-refractivity contribution in [2.45, 2.75) is 4.90 Å². The summed E-state index contributed by atoms with van der Waals surface area (Å²) in [4.78, 5) is 13.4. The Bertz CT molecular complexity index is 1080. The van der Waals surface area contributed by atoms with Crippen molar-refractivity contribution >= 4 is 39.9 Å². The number of carbonyl (C=O) groups excluding carboxylic acids is 1. The molecule has 4 rings (SSSR count). The molecule has 2 aliphatic heterocycles. The van der Waals surface area contributed by atoms with Crippen LogP contribution in [-0.2, 0) is 4.79 Å². The van der Waals surface area contributed by atoms with Gasteiger partial charge >= 0.3 is 0 Å². The van der Waals surface area contributed by atoms with E-state index in [0.717, 1.165) is 4.90 Å². The summed E-state index contributed by atoms with van der Waals surface area (Å²) in [7, 11) is 1.42. The molecule has 29 heavy (non-hydrogen) atoms. The minimum atomic E-state index is -0.322. The number of hydrogen-bond donors (Lipinski definition) is 2. The van der Waals surface area contributed by atoms with E-state index in [4.69, 9.17) is 16.3 Å². The molecule has 0 saturated heterocycles. The molecule has 2 aromatic rings. The molecule has 0 atom stereocenters. The van der Waals surface area contributed by atoms with Gasteiger partial charge in [-0.05, 0) is 42.5 Å². The Morgan fingerprint density at radius 3 is 2.76 bits per heavy atom. The van der Waals surface area contributed by atoms with Crippen LogP contribution in [0.1, 0.15) is 5.56 Å². The maximum Gasteiger partial charge on any atom is 0.255 e. The molecule has 2 aromatic carbocycles. The van der Waals surface area contributed by atoms with Crippen molar-refractivity contribution < 1.29 is 19.0 Å². The fourth-order valence-electron chi connectivity index (χ4n) is 2.96. The Balaban J connectivity index is 1.70. The Morgan fingerprint density at radius 1 is 1.28 bits per heavy atom. The van der Waals surface area contributed by atoms with Gasteiger partial charge in [0.25, 0.3) is 5.91 Å². The number of benzene rings is 2. The summed E-state index contributed by atoms with van der Waals surface area (Å²) in [6.45, 7) is 0.190. The van der Waals surface area contributed by atoms with E-state index in [2.05, 4.69) is 10.4 Å². The van der Waals surface area contributed by atoms with Crippen LogP contribution in [0.15, 0.2) is 64.2 Å². The molecule has 0 spiro atoms. The summed E-state index contributed by atoms with van der Waals surface area (Å²) >= 11 is 7.71.